The molecule has 2 heteroatoms. The van der Waals surface area contributed by atoms with E-state index in [1.54, 1.807) is 0 Å². The van der Waals surface area contributed by atoms with Gasteiger partial charge in [0.1, 0.15) is 11.7 Å². The van der Waals surface area contributed by atoms with Gasteiger partial charge in [-0.1, -0.05) is 31.6 Å². The third-order valence-corrected chi connectivity index (χ3v) is 5.06. The van der Waals surface area contributed by atoms with Gasteiger partial charge in [0.25, 0.3) is 0 Å². The Morgan fingerprint density at radius 1 is 1.41 bits per heavy atom. The lowest BCUT2D eigenvalue weighted by Crippen LogP contribution is -2.57. The van der Waals surface area contributed by atoms with Crippen LogP contribution >= 0.6 is 0 Å². The Morgan fingerprint density at radius 2 is 2.12 bits per heavy atom. The van der Waals surface area contributed by atoms with Crippen molar-refractivity contribution in [2.75, 3.05) is 0 Å². The fourth-order valence-corrected chi connectivity index (χ4v) is 3.93. The second-order valence-corrected chi connectivity index (χ2v) is 6.36. The number of rotatable bonds is 1. The van der Waals surface area contributed by atoms with Crippen molar-refractivity contribution in [1.82, 2.24) is 0 Å². The Kier molecular flexibility index (Phi) is 2.19. The van der Waals surface area contributed by atoms with Crippen LogP contribution < -0.4 is 0 Å². The van der Waals surface area contributed by atoms with Crippen LogP contribution in [-0.2, 0) is 4.74 Å². The predicted octanol–water partition coefficient (Wildman–Crippen LogP) is 2.83. The minimum atomic E-state index is -0.494. The molecule has 2 heterocycles. The largest absolute Gasteiger partial charge is 0.385 e. The second kappa shape index (κ2) is 3.24. The summed E-state index contributed by atoms with van der Waals surface area (Å²) in [6.07, 6.45) is 6.07. The first-order chi connectivity index (χ1) is 7.91. The zero-order valence-corrected chi connectivity index (χ0v) is 11.2. The monoisotopic (exact) mass is 234 g/mol. The smallest absolute Gasteiger partial charge is 0.119 e. The van der Waals surface area contributed by atoms with E-state index in [4.69, 9.17) is 4.74 Å². The summed E-state index contributed by atoms with van der Waals surface area (Å²) in [5.74, 6) is 0.667. The standard InChI is InChI=1S/C15H22O2/c1-9(2)15-8-7-14(4,17-15)11-6-5-10(3)12(11)13(15)16/h7-9,11,13,16H,5-6H2,1-4H3/t11-,13?,14-,15-/m0/s1. The van der Waals surface area contributed by atoms with Crippen LogP contribution in [0.2, 0.25) is 0 Å². The van der Waals surface area contributed by atoms with Gasteiger partial charge in [-0.3, -0.25) is 0 Å². The summed E-state index contributed by atoms with van der Waals surface area (Å²) in [4.78, 5) is 0. The molecule has 1 unspecified atom stereocenters. The van der Waals surface area contributed by atoms with Crippen molar-refractivity contribution in [3.05, 3.63) is 23.3 Å². The number of hydrogen-bond acceptors (Lipinski definition) is 2. The van der Waals surface area contributed by atoms with E-state index >= 15 is 0 Å². The Balaban J connectivity index is 2.14. The molecule has 2 bridgehead atoms. The molecule has 94 valence electrons. The van der Waals surface area contributed by atoms with Crippen molar-refractivity contribution in [2.45, 2.75) is 57.8 Å². The van der Waals surface area contributed by atoms with E-state index in [0.717, 1.165) is 12.8 Å². The van der Waals surface area contributed by atoms with Crippen molar-refractivity contribution in [3.63, 3.8) is 0 Å². The van der Waals surface area contributed by atoms with E-state index in [1.807, 2.05) is 0 Å². The number of allylic oxidation sites excluding steroid dienone is 1. The van der Waals surface area contributed by atoms with E-state index in [9.17, 15) is 5.11 Å². The zero-order valence-electron chi connectivity index (χ0n) is 11.2. The van der Waals surface area contributed by atoms with Crippen LogP contribution in [0.15, 0.2) is 23.3 Å². The van der Waals surface area contributed by atoms with Crippen LogP contribution in [0, 0.1) is 11.8 Å². The molecule has 1 fully saturated rings. The molecular formula is C15H22O2. The minimum Gasteiger partial charge on any atom is -0.385 e. The maximum Gasteiger partial charge on any atom is 0.119 e. The van der Waals surface area contributed by atoms with Crippen LogP contribution in [-0.4, -0.2) is 22.4 Å². The number of hydrogen-bond donors (Lipinski definition) is 1. The van der Waals surface area contributed by atoms with Crippen LogP contribution in [0.4, 0.5) is 0 Å². The van der Waals surface area contributed by atoms with Crippen LogP contribution in [0.25, 0.3) is 0 Å². The average Bonchev–Trinajstić information content (AvgIpc) is 2.78. The third-order valence-electron chi connectivity index (χ3n) is 5.06. The van der Waals surface area contributed by atoms with E-state index in [0.29, 0.717) is 5.92 Å². The molecule has 1 N–H and O–H groups in total. The van der Waals surface area contributed by atoms with E-state index < -0.39 is 11.7 Å². The fraction of sp³-hybridized carbons (Fsp3) is 0.733. The zero-order chi connectivity index (χ0) is 12.4. The first-order valence-corrected chi connectivity index (χ1v) is 6.69. The summed E-state index contributed by atoms with van der Waals surface area (Å²) in [6, 6.07) is 0. The molecule has 0 amide bonds. The average molecular weight is 234 g/mol. The van der Waals surface area contributed by atoms with Gasteiger partial charge in [0, 0.05) is 5.92 Å². The number of ether oxygens (including phenoxy) is 1. The van der Waals surface area contributed by atoms with Gasteiger partial charge in [-0.25, -0.2) is 0 Å². The van der Waals surface area contributed by atoms with Gasteiger partial charge < -0.3 is 9.84 Å². The fourth-order valence-electron chi connectivity index (χ4n) is 3.93. The van der Waals surface area contributed by atoms with Crippen molar-refractivity contribution in [3.8, 4) is 0 Å². The molecule has 0 saturated carbocycles. The van der Waals surface area contributed by atoms with Gasteiger partial charge >= 0.3 is 0 Å². The Morgan fingerprint density at radius 3 is 2.76 bits per heavy atom. The lowest BCUT2D eigenvalue weighted by atomic mass is 9.74. The Hall–Kier alpha value is -0.600. The predicted molar refractivity (Wildman–Crippen MR) is 67.6 cm³/mol. The molecule has 3 rings (SSSR count). The topological polar surface area (TPSA) is 29.5 Å². The van der Waals surface area contributed by atoms with Gasteiger partial charge in [0.05, 0.1) is 5.60 Å². The normalized spacial score (nSPS) is 48.1. The second-order valence-electron chi connectivity index (χ2n) is 6.36. The SMILES string of the molecule is CC1=C2C(O)[C@@]3(C(C)C)C=C[C@](C)(O3)[C@H]2CC1. The number of fused-ring (bicyclic) bond motifs is 4. The van der Waals surface area contributed by atoms with Gasteiger partial charge in [0.2, 0.25) is 0 Å². The van der Waals surface area contributed by atoms with E-state index in [-0.39, 0.29) is 11.5 Å². The van der Waals surface area contributed by atoms with Crippen molar-refractivity contribution >= 4 is 0 Å². The van der Waals surface area contributed by atoms with Crippen LogP contribution in [0.3, 0.4) is 0 Å². The molecule has 4 atom stereocenters. The quantitative estimate of drug-likeness (QED) is 0.707. The highest BCUT2D eigenvalue weighted by Gasteiger charge is 2.60. The molecule has 0 aromatic carbocycles. The highest BCUT2D eigenvalue weighted by atomic mass is 16.5. The first kappa shape index (κ1) is 11.5. The molecule has 0 aromatic rings. The van der Waals surface area contributed by atoms with Gasteiger partial charge in [-0.05, 0) is 38.2 Å². The van der Waals surface area contributed by atoms with E-state index in [2.05, 4.69) is 39.8 Å². The molecule has 3 aliphatic rings. The summed E-state index contributed by atoms with van der Waals surface area (Å²) >= 11 is 0. The molecule has 1 saturated heterocycles. The molecule has 2 nitrogen and oxygen atoms in total. The maximum atomic E-state index is 10.7. The van der Waals surface area contributed by atoms with Gasteiger partial charge in [-0.2, -0.15) is 0 Å². The van der Waals surface area contributed by atoms with E-state index in [1.165, 1.54) is 11.1 Å². The molecule has 17 heavy (non-hydrogen) atoms. The molecule has 0 radical (unpaired) electrons. The molecular weight excluding hydrogens is 212 g/mol. The highest BCUT2D eigenvalue weighted by Crippen LogP contribution is 2.56. The minimum absolute atomic E-state index is 0.198. The van der Waals surface area contributed by atoms with Crippen molar-refractivity contribution in [2.24, 2.45) is 11.8 Å². The Labute approximate surface area is 103 Å². The highest BCUT2D eigenvalue weighted by molar-refractivity contribution is 5.41. The first-order valence-electron chi connectivity index (χ1n) is 6.69. The maximum absolute atomic E-state index is 10.7. The summed E-state index contributed by atoms with van der Waals surface area (Å²) in [5.41, 5.74) is 1.95. The molecule has 1 aliphatic carbocycles. The van der Waals surface area contributed by atoms with Gasteiger partial charge in [0.15, 0.2) is 0 Å². The lowest BCUT2D eigenvalue weighted by molar-refractivity contribution is -0.189. The van der Waals surface area contributed by atoms with Crippen molar-refractivity contribution in [1.29, 1.82) is 0 Å². The summed E-state index contributed by atoms with van der Waals surface area (Å²) < 4.78 is 6.31. The van der Waals surface area contributed by atoms with Gasteiger partial charge in [-0.15, -0.1) is 0 Å². The van der Waals surface area contributed by atoms with Crippen molar-refractivity contribution < 1.29 is 9.84 Å². The number of aliphatic hydroxyl groups is 1. The lowest BCUT2D eigenvalue weighted by Gasteiger charge is -2.49. The van der Waals surface area contributed by atoms with Crippen LogP contribution in [0.5, 0.6) is 0 Å². The molecule has 2 aliphatic heterocycles. The number of aliphatic hydroxyl groups excluding tert-OH is 1. The Bertz CT molecular complexity index is 421. The molecule has 0 spiro atoms. The summed E-state index contributed by atoms with van der Waals surface area (Å²) in [6.45, 7) is 8.60. The summed E-state index contributed by atoms with van der Waals surface area (Å²) in [5, 5.41) is 10.7. The summed E-state index contributed by atoms with van der Waals surface area (Å²) in [7, 11) is 0. The third kappa shape index (κ3) is 1.23. The molecule has 0 aromatic heterocycles. The van der Waals surface area contributed by atoms with Crippen LogP contribution in [0.1, 0.15) is 40.5 Å².